The fraction of sp³-hybridized carbons (Fsp3) is 0.333. The maximum absolute atomic E-state index is 11.3. The van der Waals surface area contributed by atoms with Gasteiger partial charge in [0.2, 0.25) is 0 Å². The summed E-state index contributed by atoms with van der Waals surface area (Å²) in [4.78, 5) is 9.68. The molecule has 0 aliphatic rings. The van der Waals surface area contributed by atoms with E-state index >= 15 is 0 Å². The Kier molecular flexibility index (Phi) is 3.54. The van der Waals surface area contributed by atoms with Crippen LogP contribution in [0.3, 0.4) is 0 Å². The molecule has 0 N–H and O–H groups in total. The molecule has 1 aromatic rings. The monoisotopic (exact) mass is 263 g/mol. The number of hydrogen-bond donors (Lipinski definition) is 0. The third kappa shape index (κ3) is 2.70. The second-order valence-corrected chi connectivity index (χ2v) is 6.11. The highest BCUT2D eigenvalue weighted by Crippen LogP contribution is 2.29. The standard InChI is InChI=1S/C9H10ClNO4S/c1-6(2)8-4-3-7(11(12)13)5-9(8)16(10,14)15/h3-6H,1-2H3. The van der Waals surface area contributed by atoms with Crippen molar-refractivity contribution in [1.82, 2.24) is 0 Å². The summed E-state index contributed by atoms with van der Waals surface area (Å²) in [6.45, 7) is 3.57. The fourth-order valence-electron chi connectivity index (χ4n) is 1.32. The molecule has 0 radical (unpaired) electrons. The highest BCUT2D eigenvalue weighted by Gasteiger charge is 2.21. The summed E-state index contributed by atoms with van der Waals surface area (Å²) in [7, 11) is 1.27. The molecule has 0 spiro atoms. The molecule has 0 aromatic heterocycles. The predicted octanol–water partition coefficient (Wildman–Crippen LogP) is 2.65. The molecule has 0 fully saturated rings. The smallest absolute Gasteiger partial charge is 0.258 e. The first-order valence-electron chi connectivity index (χ1n) is 4.46. The number of nitro benzene ring substituents is 1. The molecule has 0 heterocycles. The first-order valence-corrected chi connectivity index (χ1v) is 6.77. The van der Waals surface area contributed by atoms with E-state index in [2.05, 4.69) is 0 Å². The molecular weight excluding hydrogens is 254 g/mol. The highest BCUT2D eigenvalue weighted by molar-refractivity contribution is 8.13. The zero-order chi connectivity index (χ0) is 12.5. The summed E-state index contributed by atoms with van der Waals surface area (Å²) in [6, 6.07) is 3.66. The molecule has 1 aromatic carbocycles. The van der Waals surface area contributed by atoms with E-state index in [-0.39, 0.29) is 16.5 Å². The summed E-state index contributed by atoms with van der Waals surface area (Å²) < 4.78 is 22.6. The molecular formula is C9H10ClNO4S. The van der Waals surface area contributed by atoms with Gasteiger partial charge >= 0.3 is 0 Å². The first-order chi connectivity index (χ1) is 7.23. The molecule has 16 heavy (non-hydrogen) atoms. The minimum Gasteiger partial charge on any atom is -0.258 e. The molecule has 0 aliphatic carbocycles. The summed E-state index contributed by atoms with van der Waals surface area (Å²) in [5.41, 5.74) is 0.184. The molecule has 5 nitrogen and oxygen atoms in total. The highest BCUT2D eigenvalue weighted by atomic mass is 35.7. The van der Waals surface area contributed by atoms with Crippen LogP contribution in [0.1, 0.15) is 25.3 Å². The lowest BCUT2D eigenvalue weighted by Crippen LogP contribution is -2.01. The zero-order valence-electron chi connectivity index (χ0n) is 8.68. The van der Waals surface area contributed by atoms with E-state index in [4.69, 9.17) is 10.7 Å². The van der Waals surface area contributed by atoms with E-state index in [1.54, 1.807) is 13.8 Å². The minimum absolute atomic E-state index is 0.0793. The van der Waals surface area contributed by atoms with E-state index in [9.17, 15) is 18.5 Å². The normalized spacial score (nSPS) is 11.8. The topological polar surface area (TPSA) is 77.3 Å². The molecule has 88 valence electrons. The number of nitro groups is 1. The van der Waals surface area contributed by atoms with Gasteiger partial charge in [0.1, 0.15) is 0 Å². The van der Waals surface area contributed by atoms with Crippen molar-refractivity contribution in [3.05, 3.63) is 33.9 Å². The van der Waals surface area contributed by atoms with Crippen molar-refractivity contribution < 1.29 is 13.3 Å². The molecule has 0 bridgehead atoms. The molecule has 7 heteroatoms. The summed E-state index contributed by atoms with van der Waals surface area (Å²) in [6.07, 6.45) is 0. The van der Waals surface area contributed by atoms with Gasteiger partial charge in [0, 0.05) is 22.8 Å². The van der Waals surface area contributed by atoms with E-state index in [0.717, 1.165) is 6.07 Å². The van der Waals surface area contributed by atoms with Crippen LogP contribution >= 0.6 is 10.7 Å². The van der Waals surface area contributed by atoms with Crippen molar-refractivity contribution in [2.24, 2.45) is 0 Å². The molecule has 0 amide bonds. The Morgan fingerprint density at radius 2 is 1.94 bits per heavy atom. The third-order valence-electron chi connectivity index (χ3n) is 2.09. The van der Waals surface area contributed by atoms with Crippen molar-refractivity contribution in [2.45, 2.75) is 24.7 Å². The van der Waals surface area contributed by atoms with Crippen LogP contribution in [0.25, 0.3) is 0 Å². The van der Waals surface area contributed by atoms with Gasteiger partial charge in [-0.05, 0) is 11.5 Å². The van der Waals surface area contributed by atoms with Crippen LogP contribution < -0.4 is 0 Å². The Labute approximate surface area is 97.6 Å². The van der Waals surface area contributed by atoms with Crippen LogP contribution in [0.4, 0.5) is 5.69 Å². The molecule has 0 saturated carbocycles. The maximum atomic E-state index is 11.3. The Morgan fingerprint density at radius 1 is 1.38 bits per heavy atom. The second-order valence-electron chi connectivity index (χ2n) is 3.57. The Bertz CT molecular complexity index is 524. The van der Waals surface area contributed by atoms with Crippen molar-refractivity contribution in [3.8, 4) is 0 Å². The lowest BCUT2D eigenvalue weighted by atomic mass is 10.0. The third-order valence-corrected chi connectivity index (χ3v) is 3.47. The second kappa shape index (κ2) is 4.39. The van der Waals surface area contributed by atoms with E-state index in [0.29, 0.717) is 5.56 Å². The van der Waals surface area contributed by atoms with E-state index in [1.165, 1.54) is 12.1 Å². The zero-order valence-corrected chi connectivity index (χ0v) is 10.2. The first kappa shape index (κ1) is 12.9. The van der Waals surface area contributed by atoms with Gasteiger partial charge in [-0.25, -0.2) is 8.42 Å². The molecule has 0 saturated heterocycles. The van der Waals surface area contributed by atoms with Crippen LogP contribution in [0.2, 0.25) is 0 Å². The minimum atomic E-state index is -3.97. The summed E-state index contributed by atoms with van der Waals surface area (Å²) in [5.74, 6) is -0.0793. The van der Waals surface area contributed by atoms with Gasteiger partial charge in [-0.3, -0.25) is 10.1 Å². The Hall–Kier alpha value is -1.14. The van der Waals surface area contributed by atoms with Gasteiger partial charge < -0.3 is 0 Å². The number of benzene rings is 1. The quantitative estimate of drug-likeness (QED) is 0.477. The van der Waals surface area contributed by atoms with Gasteiger partial charge in [-0.15, -0.1) is 0 Å². The summed E-state index contributed by atoms with van der Waals surface area (Å²) in [5, 5.41) is 10.5. The molecule has 1 rings (SSSR count). The number of nitrogens with zero attached hydrogens (tertiary/aromatic N) is 1. The Morgan fingerprint density at radius 3 is 2.31 bits per heavy atom. The van der Waals surface area contributed by atoms with Crippen LogP contribution in [0, 0.1) is 10.1 Å². The summed E-state index contributed by atoms with van der Waals surface area (Å²) >= 11 is 0. The van der Waals surface area contributed by atoms with Gasteiger partial charge in [-0.1, -0.05) is 19.9 Å². The van der Waals surface area contributed by atoms with Gasteiger partial charge in [0.15, 0.2) is 0 Å². The lowest BCUT2D eigenvalue weighted by Gasteiger charge is -2.09. The van der Waals surface area contributed by atoms with Crippen molar-refractivity contribution in [3.63, 3.8) is 0 Å². The van der Waals surface area contributed by atoms with Crippen molar-refractivity contribution in [2.75, 3.05) is 0 Å². The number of rotatable bonds is 3. The van der Waals surface area contributed by atoms with Crippen LogP contribution in [-0.2, 0) is 9.05 Å². The van der Waals surface area contributed by atoms with Crippen LogP contribution in [0.15, 0.2) is 23.1 Å². The SMILES string of the molecule is CC(C)c1ccc([N+](=O)[O-])cc1S(=O)(=O)Cl. The fourth-order valence-corrected chi connectivity index (χ4v) is 2.57. The number of hydrogen-bond acceptors (Lipinski definition) is 4. The lowest BCUT2D eigenvalue weighted by molar-refractivity contribution is -0.385. The van der Waals surface area contributed by atoms with Gasteiger partial charge in [-0.2, -0.15) is 0 Å². The largest absolute Gasteiger partial charge is 0.270 e. The van der Waals surface area contributed by atoms with Crippen molar-refractivity contribution >= 4 is 25.4 Å². The van der Waals surface area contributed by atoms with Gasteiger partial charge in [0.05, 0.1) is 9.82 Å². The van der Waals surface area contributed by atoms with Crippen LogP contribution in [0.5, 0.6) is 0 Å². The van der Waals surface area contributed by atoms with E-state index in [1.807, 2.05) is 0 Å². The number of halogens is 1. The number of non-ortho nitro benzene ring substituents is 1. The van der Waals surface area contributed by atoms with Gasteiger partial charge in [0.25, 0.3) is 14.7 Å². The van der Waals surface area contributed by atoms with Crippen molar-refractivity contribution in [1.29, 1.82) is 0 Å². The predicted molar refractivity (Wildman–Crippen MR) is 60.2 cm³/mol. The molecule has 0 aliphatic heterocycles. The van der Waals surface area contributed by atoms with E-state index < -0.39 is 14.0 Å². The molecule has 0 atom stereocenters. The molecule has 0 unspecified atom stereocenters. The Balaban J connectivity index is 3.51. The van der Waals surface area contributed by atoms with Crippen LogP contribution in [-0.4, -0.2) is 13.3 Å². The average Bonchev–Trinajstić information content (AvgIpc) is 2.15. The average molecular weight is 264 g/mol. The maximum Gasteiger partial charge on any atom is 0.270 e.